The van der Waals surface area contributed by atoms with Gasteiger partial charge in [-0.25, -0.2) is 9.78 Å². The van der Waals surface area contributed by atoms with Crippen LogP contribution >= 0.6 is 0 Å². The number of nitrogens with zero attached hydrogens (tertiary/aromatic N) is 1. The van der Waals surface area contributed by atoms with Gasteiger partial charge in [-0.1, -0.05) is 62.4 Å². The van der Waals surface area contributed by atoms with Gasteiger partial charge in [0.25, 0.3) is 5.91 Å². The minimum absolute atomic E-state index is 0.190. The highest BCUT2D eigenvalue weighted by atomic mass is 16.7. The van der Waals surface area contributed by atoms with Crippen molar-refractivity contribution in [2.24, 2.45) is 0 Å². The van der Waals surface area contributed by atoms with Gasteiger partial charge in [0.1, 0.15) is 0 Å². The average Bonchev–Trinajstić information content (AvgIpc) is 3.42. The fraction of sp³-hybridized carbons (Fsp3) is 0.233. The van der Waals surface area contributed by atoms with Gasteiger partial charge in [0.2, 0.25) is 6.79 Å². The Morgan fingerprint density at radius 2 is 1.78 bits per heavy atom. The number of hydrogen-bond donors (Lipinski definition) is 1. The molecule has 1 atom stereocenters. The number of carbonyl (C=O) groups excluding carboxylic acids is 2. The summed E-state index contributed by atoms with van der Waals surface area (Å²) >= 11 is 0. The summed E-state index contributed by atoms with van der Waals surface area (Å²) in [6, 6.07) is 22.9. The molecule has 0 radical (unpaired) electrons. The summed E-state index contributed by atoms with van der Waals surface area (Å²) in [5.74, 6) is 0.826. The summed E-state index contributed by atoms with van der Waals surface area (Å²) < 4.78 is 16.1. The average molecular weight is 497 g/mol. The van der Waals surface area contributed by atoms with Crippen molar-refractivity contribution >= 4 is 22.8 Å². The summed E-state index contributed by atoms with van der Waals surface area (Å²) in [7, 11) is 0. The monoisotopic (exact) mass is 496 g/mol. The molecule has 0 unspecified atom stereocenters. The normalized spacial score (nSPS) is 12.8. The van der Waals surface area contributed by atoms with E-state index in [0.717, 1.165) is 17.5 Å². The van der Waals surface area contributed by atoms with E-state index < -0.39 is 11.9 Å². The van der Waals surface area contributed by atoms with Crippen LogP contribution in [0.4, 0.5) is 0 Å². The molecule has 1 aliphatic rings. The first-order valence-electron chi connectivity index (χ1n) is 12.3. The fourth-order valence-electron chi connectivity index (χ4n) is 4.22. The lowest BCUT2D eigenvalue weighted by atomic mass is 9.96. The maximum atomic E-state index is 13.1. The number of aromatic nitrogens is 1. The Kier molecular flexibility index (Phi) is 7.03. The zero-order valence-electron chi connectivity index (χ0n) is 20.8. The van der Waals surface area contributed by atoms with Crippen LogP contribution in [0.1, 0.15) is 47.7 Å². The predicted octanol–water partition coefficient (Wildman–Crippen LogP) is 5.62. The number of pyridine rings is 1. The first kappa shape index (κ1) is 24.3. The molecular weight excluding hydrogens is 468 g/mol. The first-order valence-corrected chi connectivity index (χ1v) is 12.3. The Balaban J connectivity index is 1.28. The van der Waals surface area contributed by atoms with E-state index in [2.05, 4.69) is 31.3 Å². The van der Waals surface area contributed by atoms with Crippen LogP contribution < -0.4 is 14.8 Å². The molecule has 3 aromatic carbocycles. The molecule has 2 heterocycles. The Morgan fingerprint density at radius 1 is 1.00 bits per heavy atom. The van der Waals surface area contributed by atoms with E-state index in [-0.39, 0.29) is 19.9 Å². The van der Waals surface area contributed by atoms with Gasteiger partial charge in [-0.3, -0.25) is 4.79 Å². The van der Waals surface area contributed by atoms with E-state index in [9.17, 15) is 9.59 Å². The number of ether oxygens (including phenoxy) is 3. The van der Waals surface area contributed by atoms with Crippen molar-refractivity contribution in [3.05, 3.63) is 89.5 Å². The van der Waals surface area contributed by atoms with Gasteiger partial charge in [0.15, 0.2) is 18.1 Å². The third-order valence-electron chi connectivity index (χ3n) is 6.58. The smallest absolute Gasteiger partial charge is 0.339 e. The predicted molar refractivity (Wildman–Crippen MR) is 141 cm³/mol. The van der Waals surface area contributed by atoms with Crippen LogP contribution in [0.2, 0.25) is 0 Å². The molecule has 0 saturated heterocycles. The highest BCUT2D eigenvalue weighted by Gasteiger charge is 2.18. The minimum atomic E-state index is -0.575. The van der Waals surface area contributed by atoms with E-state index in [1.807, 2.05) is 48.5 Å². The summed E-state index contributed by atoms with van der Waals surface area (Å²) in [4.78, 5) is 30.2. The van der Waals surface area contributed by atoms with Crippen LogP contribution in [0.15, 0.2) is 72.8 Å². The summed E-state index contributed by atoms with van der Waals surface area (Å²) in [5, 5.41) is 3.44. The largest absolute Gasteiger partial charge is 0.454 e. The molecule has 5 rings (SSSR count). The molecule has 4 aromatic rings. The molecule has 0 bridgehead atoms. The van der Waals surface area contributed by atoms with Crippen molar-refractivity contribution in [2.45, 2.75) is 32.7 Å². The number of fused-ring (bicyclic) bond motifs is 2. The van der Waals surface area contributed by atoms with Gasteiger partial charge in [0.05, 0.1) is 16.8 Å². The van der Waals surface area contributed by atoms with Gasteiger partial charge >= 0.3 is 5.97 Å². The zero-order valence-corrected chi connectivity index (χ0v) is 20.8. The van der Waals surface area contributed by atoms with Crippen molar-refractivity contribution in [3.63, 3.8) is 0 Å². The number of esters is 1. The lowest BCUT2D eigenvalue weighted by Gasteiger charge is -2.12. The molecule has 0 fully saturated rings. The zero-order chi connectivity index (χ0) is 25.8. The highest BCUT2D eigenvalue weighted by molar-refractivity contribution is 6.05. The van der Waals surface area contributed by atoms with E-state index in [1.165, 1.54) is 5.56 Å². The number of para-hydroxylation sites is 1. The number of benzene rings is 3. The van der Waals surface area contributed by atoms with Crippen LogP contribution in [-0.2, 0) is 16.1 Å². The lowest BCUT2D eigenvalue weighted by molar-refractivity contribution is -0.124. The number of rotatable bonds is 8. The lowest BCUT2D eigenvalue weighted by Crippen LogP contribution is -2.28. The van der Waals surface area contributed by atoms with Crippen LogP contribution in [0.3, 0.4) is 0 Å². The first-order chi connectivity index (χ1) is 18.0. The summed E-state index contributed by atoms with van der Waals surface area (Å²) in [6.07, 6.45) is 1.06. The molecule has 1 aliphatic heterocycles. The fourth-order valence-corrected chi connectivity index (χ4v) is 4.22. The summed E-state index contributed by atoms with van der Waals surface area (Å²) in [6.45, 7) is 4.44. The van der Waals surface area contributed by atoms with Crippen LogP contribution in [0, 0.1) is 0 Å². The molecule has 188 valence electrons. The molecular formula is C30H28N2O5. The van der Waals surface area contributed by atoms with Crippen molar-refractivity contribution < 1.29 is 23.8 Å². The van der Waals surface area contributed by atoms with Crippen molar-refractivity contribution in [3.8, 4) is 22.8 Å². The Bertz CT molecular complexity index is 1450. The van der Waals surface area contributed by atoms with E-state index in [4.69, 9.17) is 19.2 Å². The maximum absolute atomic E-state index is 13.1. The molecule has 1 aromatic heterocycles. The number of nitrogens with one attached hydrogen (secondary N) is 1. The maximum Gasteiger partial charge on any atom is 0.339 e. The van der Waals surface area contributed by atoms with Gasteiger partial charge in [-0.05, 0) is 47.7 Å². The molecule has 0 saturated carbocycles. The molecule has 0 spiro atoms. The van der Waals surface area contributed by atoms with Crippen LogP contribution in [0.25, 0.3) is 22.2 Å². The van der Waals surface area contributed by atoms with Crippen LogP contribution in [0.5, 0.6) is 11.5 Å². The molecule has 7 nitrogen and oxygen atoms in total. The third-order valence-corrected chi connectivity index (χ3v) is 6.58. The SMILES string of the molecule is CC[C@@H](C)c1ccc(-c2cc(C(=O)OCC(=O)NCc3ccc4c(c3)OCO4)c3ccccc3n2)cc1. The van der Waals surface area contributed by atoms with Gasteiger partial charge in [0, 0.05) is 17.5 Å². The van der Waals surface area contributed by atoms with Crippen molar-refractivity contribution in [1.82, 2.24) is 10.3 Å². The molecule has 0 aliphatic carbocycles. The second kappa shape index (κ2) is 10.7. The Labute approximate surface area is 215 Å². The third kappa shape index (κ3) is 5.40. The number of hydrogen-bond acceptors (Lipinski definition) is 6. The molecule has 37 heavy (non-hydrogen) atoms. The summed E-state index contributed by atoms with van der Waals surface area (Å²) in [5.41, 5.74) is 4.76. The molecule has 1 amide bonds. The van der Waals surface area contributed by atoms with Crippen molar-refractivity contribution in [1.29, 1.82) is 0 Å². The number of carbonyl (C=O) groups is 2. The van der Waals surface area contributed by atoms with E-state index in [0.29, 0.717) is 39.6 Å². The van der Waals surface area contributed by atoms with E-state index >= 15 is 0 Å². The second-order valence-corrected chi connectivity index (χ2v) is 9.04. The Morgan fingerprint density at radius 3 is 2.59 bits per heavy atom. The quantitative estimate of drug-likeness (QED) is 0.319. The minimum Gasteiger partial charge on any atom is -0.454 e. The van der Waals surface area contributed by atoms with Crippen molar-refractivity contribution in [2.75, 3.05) is 13.4 Å². The highest BCUT2D eigenvalue weighted by Crippen LogP contribution is 2.32. The van der Waals surface area contributed by atoms with Gasteiger partial charge < -0.3 is 19.5 Å². The number of amides is 1. The van der Waals surface area contributed by atoms with Gasteiger partial charge in [-0.2, -0.15) is 0 Å². The standard InChI is InChI=1S/C30H28N2O5/c1-3-19(2)21-9-11-22(12-10-21)26-15-24(23-6-4-5-7-25(23)32-26)30(34)35-17-29(33)31-16-20-8-13-27-28(14-20)37-18-36-27/h4-15,19H,3,16-18H2,1-2H3,(H,31,33)/t19-/m1/s1. The van der Waals surface area contributed by atoms with E-state index in [1.54, 1.807) is 12.1 Å². The molecule has 1 N–H and O–H groups in total. The van der Waals surface area contributed by atoms with Crippen LogP contribution in [-0.4, -0.2) is 30.3 Å². The molecule has 7 heteroatoms. The Hall–Kier alpha value is -4.39. The van der Waals surface area contributed by atoms with Gasteiger partial charge in [-0.15, -0.1) is 0 Å². The topological polar surface area (TPSA) is 86.8 Å². The second-order valence-electron chi connectivity index (χ2n) is 9.04.